The Hall–Kier alpha value is -2.20. The summed E-state index contributed by atoms with van der Waals surface area (Å²) >= 11 is 0. The monoisotopic (exact) mass is 403 g/mol. The number of ether oxygens (including phenoxy) is 1. The van der Waals surface area contributed by atoms with Crippen LogP contribution in [0.15, 0.2) is 59.5 Å². The number of hydrogen-bond donors (Lipinski definition) is 3. The molecule has 1 atom stereocenters. The zero-order valence-corrected chi connectivity index (χ0v) is 17.0. The lowest BCUT2D eigenvalue weighted by molar-refractivity contribution is -0.135. The third-order valence-corrected chi connectivity index (χ3v) is 7.86. The Morgan fingerprint density at radius 2 is 1.89 bits per heavy atom. The number of thiol groups is 1. The summed E-state index contributed by atoms with van der Waals surface area (Å²) < 4.78 is 20.6. The molecule has 1 aliphatic heterocycles. The van der Waals surface area contributed by atoms with Gasteiger partial charge in [-0.25, -0.2) is 9.79 Å². The van der Waals surface area contributed by atoms with Crippen molar-refractivity contribution in [2.75, 3.05) is 26.7 Å². The maximum absolute atomic E-state index is 13.7. The highest BCUT2D eigenvalue weighted by Gasteiger charge is 2.38. The Labute approximate surface area is 167 Å². The molecule has 1 saturated heterocycles. The number of methoxy groups -OCH3 is 1. The summed E-state index contributed by atoms with van der Waals surface area (Å²) in [7, 11) is 0.240. The van der Waals surface area contributed by atoms with Gasteiger partial charge >= 0.3 is 0 Å². The van der Waals surface area contributed by atoms with Crippen molar-refractivity contribution in [3.05, 3.63) is 60.2 Å². The van der Waals surface area contributed by atoms with Gasteiger partial charge in [0.1, 0.15) is 11.8 Å². The van der Waals surface area contributed by atoms with Crippen molar-refractivity contribution in [2.24, 2.45) is 0 Å². The number of hydrogen-bond acceptors (Lipinski definition) is 5. The molecule has 2 N–H and O–H groups in total. The summed E-state index contributed by atoms with van der Waals surface area (Å²) in [6, 6.07) is 16.3. The van der Waals surface area contributed by atoms with E-state index in [4.69, 9.17) is 4.74 Å². The maximum atomic E-state index is 13.7. The van der Waals surface area contributed by atoms with Gasteiger partial charge in [0, 0.05) is 31.1 Å². The Morgan fingerprint density at radius 1 is 1.21 bits per heavy atom. The fourth-order valence-corrected chi connectivity index (χ4v) is 5.75. The van der Waals surface area contributed by atoms with Crippen LogP contribution >= 0.6 is 0 Å². The first-order valence-electron chi connectivity index (χ1n) is 9.15. The van der Waals surface area contributed by atoms with Crippen molar-refractivity contribution in [3.63, 3.8) is 0 Å². The molecule has 1 fully saturated rings. The minimum atomic E-state index is -3.00. The minimum Gasteiger partial charge on any atom is -0.497 e. The van der Waals surface area contributed by atoms with E-state index < -0.39 is 21.9 Å². The molecule has 1 aliphatic rings. The lowest BCUT2D eigenvalue weighted by Crippen LogP contribution is -2.61. The van der Waals surface area contributed by atoms with Crippen LogP contribution in [0.5, 0.6) is 5.75 Å². The van der Waals surface area contributed by atoms with Crippen LogP contribution in [0.1, 0.15) is 5.56 Å². The van der Waals surface area contributed by atoms with E-state index in [1.807, 2.05) is 30.3 Å². The van der Waals surface area contributed by atoms with Crippen LogP contribution in [0.2, 0.25) is 0 Å². The van der Waals surface area contributed by atoms with E-state index >= 15 is 0 Å². The largest absolute Gasteiger partial charge is 0.497 e. The van der Waals surface area contributed by atoms with Crippen molar-refractivity contribution in [1.82, 2.24) is 14.7 Å². The lowest BCUT2D eigenvalue weighted by Gasteiger charge is -2.45. The number of piperazine rings is 1. The maximum Gasteiger partial charge on any atom is 0.262 e. The summed E-state index contributed by atoms with van der Waals surface area (Å²) in [5.74, 6) is 0.134. The first kappa shape index (κ1) is 20.5. The van der Waals surface area contributed by atoms with E-state index in [0.717, 1.165) is 5.56 Å². The molecule has 0 aromatic heterocycles. The van der Waals surface area contributed by atoms with Crippen LogP contribution in [-0.2, 0) is 21.3 Å². The van der Waals surface area contributed by atoms with Crippen molar-refractivity contribution in [2.45, 2.75) is 17.5 Å². The molecule has 0 spiro atoms. The Morgan fingerprint density at radius 3 is 2.50 bits per heavy atom. The van der Waals surface area contributed by atoms with Crippen LogP contribution in [0.4, 0.5) is 0 Å². The number of nitrogens with one attached hydrogen (secondary N) is 1. The van der Waals surface area contributed by atoms with Crippen molar-refractivity contribution in [3.8, 4) is 5.75 Å². The third-order valence-electron chi connectivity index (χ3n) is 5.14. The average molecular weight is 403 g/mol. The lowest BCUT2D eigenvalue weighted by atomic mass is 10.1. The molecule has 0 aliphatic carbocycles. The molecule has 0 saturated carbocycles. The fourth-order valence-electron chi connectivity index (χ4n) is 3.57. The smallest absolute Gasteiger partial charge is 0.262 e. The summed E-state index contributed by atoms with van der Waals surface area (Å²) in [5.41, 5.74) is 2.89. The third kappa shape index (κ3) is 4.44. The van der Waals surface area contributed by atoms with Crippen LogP contribution in [-0.4, -0.2) is 64.4 Å². The molecule has 9 heteroatoms. The average Bonchev–Trinajstić information content (AvgIpc) is 2.73. The predicted octanol–water partition coefficient (Wildman–Crippen LogP) is 0.226. The molecule has 28 heavy (non-hydrogen) atoms. The van der Waals surface area contributed by atoms with Gasteiger partial charge in [0.2, 0.25) is 7.12 Å². The standard InChI is InChI=1S/C19H26BN3O4S/c1-27-16-7-9-17(10-8-16)28(20,26)23-12-11-22(14-18(23)19(24)21-25)13-15-5-3-2-4-6-15/h2-10,18,25,28H,11-14,20H2,1H3,(H,21,24). The van der Waals surface area contributed by atoms with Crippen molar-refractivity contribution >= 4 is 23.0 Å². The van der Waals surface area contributed by atoms with E-state index in [9.17, 15) is 14.2 Å². The molecule has 3 rings (SSSR count). The van der Waals surface area contributed by atoms with Crippen LogP contribution in [0, 0.1) is 0 Å². The van der Waals surface area contributed by atoms with Gasteiger partial charge in [-0.05, 0) is 29.8 Å². The Bertz CT molecular complexity index is 850. The van der Waals surface area contributed by atoms with Crippen LogP contribution < -0.4 is 10.2 Å². The van der Waals surface area contributed by atoms with Gasteiger partial charge in [-0.2, -0.15) is 0 Å². The van der Waals surface area contributed by atoms with E-state index in [2.05, 4.69) is 4.90 Å². The Kier molecular flexibility index (Phi) is 6.51. The quantitative estimate of drug-likeness (QED) is 0.278. The highest BCUT2D eigenvalue weighted by atomic mass is 32.2. The number of hydroxylamine groups is 1. The van der Waals surface area contributed by atoms with Crippen molar-refractivity contribution < 1.29 is 18.9 Å². The summed E-state index contributed by atoms with van der Waals surface area (Å²) in [6.45, 7) is 2.22. The van der Waals surface area contributed by atoms with Gasteiger partial charge in [-0.3, -0.25) is 19.1 Å². The highest BCUT2D eigenvalue weighted by molar-refractivity contribution is 8.20. The highest BCUT2D eigenvalue weighted by Crippen LogP contribution is 2.27. The molecule has 1 amide bonds. The summed E-state index contributed by atoms with van der Waals surface area (Å²) in [5, 5.41) is 9.23. The number of amides is 1. The predicted molar refractivity (Wildman–Crippen MR) is 111 cm³/mol. The van der Waals surface area contributed by atoms with Gasteiger partial charge in [0.15, 0.2) is 0 Å². The molecule has 1 heterocycles. The summed E-state index contributed by atoms with van der Waals surface area (Å²) in [4.78, 5) is 15.2. The SMILES string of the molecule is B[SH](=O)(c1ccc(OC)cc1)N1CCN(Cc2ccccc2)CC1C(=O)NO. The number of rotatable bonds is 6. The zero-order chi connectivity index (χ0) is 20.1. The molecule has 2 aromatic carbocycles. The molecule has 150 valence electrons. The molecular formula is C19H26BN3O4S. The number of carbonyl (C=O) groups excluding carboxylic acids is 1. The van der Waals surface area contributed by atoms with E-state index in [1.54, 1.807) is 48.3 Å². The van der Waals surface area contributed by atoms with Gasteiger partial charge in [-0.15, -0.1) is 0 Å². The zero-order valence-electron chi connectivity index (χ0n) is 16.1. The fraction of sp³-hybridized carbons (Fsp3) is 0.316. The molecule has 0 bridgehead atoms. The van der Waals surface area contributed by atoms with Gasteiger partial charge in [0.25, 0.3) is 5.91 Å². The normalized spacial score (nSPS) is 19.1. The van der Waals surface area contributed by atoms with Crippen LogP contribution in [0.25, 0.3) is 0 Å². The van der Waals surface area contributed by atoms with Gasteiger partial charge in [-0.1, -0.05) is 40.3 Å². The van der Waals surface area contributed by atoms with Crippen LogP contribution in [0.3, 0.4) is 0 Å². The second-order valence-electron chi connectivity index (χ2n) is 6.95. The molecule has 0 radical (unpaired) electrons. The van der Waals surface area contributed by atoms with E-state index in [1.165, 1.54) is 0 Å². The molecule has 1 unspecified atom stereocenters. The first-order chi connectivity index (χ1) is 13.5. The second kappa shape index (κ2) is 8.87. The van der Waals surface area contributed by atoms with Crippen molar-refractivity contribution in [1.29, 1.82) is 0 Å². The number of carbonyl (C=O) groups is 1. The van der Waals surface area contributed by atoms with Gasteiger partial charge < -0.3 is 4.74 Å². The molecule has 7 nitrogen and oxygen atoms in total. The number of nitrogens with zero attached hydrogens (tertiary/aromatic N) is 2. The molecule has 2 aromatic rings. The Balaban J connectivity index is 1.81. The summed E-state index contributed by atoms with van der Waals surface area (Å²) in [6.07, 6.45) is 0. The number of benzene rings is 2. The minimum absolute atomic E-state index is 0.384. The first-order valence-corrected chi connectivity index (χ1v) is 11.3. The topological polar surface area (TPSA) is 82.1 Å². The second-order valence-corrected chi connectivity index (χ2v) is 9.74. The van der Waals surface area contributed by atoms with E-state index in [-0.39, 0.29) is 0 Å². The van der Waals surface area contributed by atoms with Gasteiger partial charge in [0.05, 0.1) is 7.11 Å². The molecular weight excluding hydrogens is 377 g/mol. The van der Waals surface area contributed by atoms with E-state index in [0.29, 0.717) is 36.8 Å².